The molecule has 0 saturated carbocycles. The van der Waals surface area contributed by atoms with Crippen LogP contribution in [0.5, 0.6) is 0 Å². The van der Waals surface area contributed by atoms with Crippen molar-refractivity contribution in [3.05, 3.63) is 97.2 Å². The minimum atomic E-state index is -1.79. The third kappa shape index (κ3) is 39.5. The van der Waals surface area contributed by atoms with Gasteiger partial charge in [-0.15, -0.1) is 0 Å². The second-order valence-corrected chi connectivity index (χ2v) is 23.5. The minimum Gasteiger partial charge on any atom is -0.394 e. The van der Waals surface area contributed by atoms with Gasteiger partial charge in [-0.3, -0.25) is 4.79 Å². The summed E-state index contributed by atoms with van der Waals surface area (Å²) in [5, 5.41) is 87.0. The number of allylic oxidation sites excluding steroid dienone is 15. The van der Waals surface area contributed by atoms with E-state index in [-0.39, 0.29) is 18.9 Å². The normalized spacial score (nSPS) is 24.2. The molecule has 85 heavy (non-hydrogen) atoms. The van der Waals surface area contributed by atoms with Crippen LogP contribution in [0.4, 0.5) is 0 Å². The molecule has 0 radical (unpaired) electrons. The number of carbonyl (C=O) groups excluding carboxylic acids is 1. The topological polar surface area (TPSA) is 228 Å². The van der Waals surface area contributed by atoms with Gasteiger partial charge in [0.2, 0.25) is 5.91 Å². The molecule has 2 aliphatic rings. The number of hydrogen-bond donors (Lipinski definition) is 9. The van der Waals surface area contributed by atoms with E-state index >= 15 is 0 Å². The molecule has 2 heterocycles. The average Bonchev–Trinajstić information content (AvgIpc) is 3.60. The predicted octanol–water partition coefficient (Wildman–Crippen LogP) is 13.4. The maximum absolute atomic E-state index is 13.3. The summed E-state index contributed by atoms with van der Waals surface area (Å²) in [6.07, 6.45) is 60.7. The first kappa shape index (κ1) is 78.0. The first-order valence-corrected chi connectivity index (χ1v) is 34.0. The van der Waals surface area contributed by atoms with Gasteiger partial charge in [-0.1, -0.05) is 259 Å². The molecule has 490 valence electrons. The summed E-state index contributed by atoms with van der Waals surface area (Å²) in [6.45, 7) is 2.60. The molecule has 12 atom stereocenters. The summed E-state index contributed by atoms with van der Waals surface area (Å²) in [7, 11) is 0. The van der Waals surface area contributed by atoms with E-state index in [1.807, 2.05) is 6.08 Å². The number of ether oxygens (including phenoxy) is 4. The summed E-state index contributed by atoms with van der Waals surface area (Å²) < 4.78 is 22.7. The summed E-state index contributed by atoms with van der Waals surface area (Å²) >= 11 is 0. The van der Waals surface area contributed by atoms with Crippen molar-refractivity contribution in [3.8, 4) is 0 Å². The summed E-state index contributed by atoms with van der Waals surface area (Å²) in [5.41, 5.74) is 0. The Bertz CT molecular complexity index is 1800. The lowest BCUT2D eigenvalue weighted by Crippen LogP contribution is -2.65. The number of unbranched alkanes of at least 4 members (excludes halogenated alkanes) is 27. The highest BCUT2D eigenvalue weighted by atomic mass is 16.7. The zero-order valence-corrected chi connectivity index (χ0v) is 53.1. The van der Waals surface area contributed by atoms with Crippen LogP contribution in [0.15, 0.2) is 97.2 Å². The van der Waals surface area contributed by atoms with Gasteiger partial charge >= 0.3 is 0 Å². The Hall–Kier alpha value is -3.09. The molecule has 0 aliphatic carbocycles. The van der Waals surface area contributed by atoms with Gasteiger partial charge < -0.3 is 65.1 Å². The zero-order valence-electron chi connectivity index (χ0n) is 53.1. The van der Waals surface area contributed by atoms with Crippen molar-refractivity contribution in [1.29, 1.82) is 0 Å². The molecule has 14 nitrogen and oxygen atoms in total. The zero-order chi connectivity index (χ0) is 61.6. The molecule has 0 aromatic rings. The van der Waals surface area contributed by atoms with Gasteiger partial charge in [-0.05, 0) is 83.5 Å². The van der Waals surface area contributed by atoms with Gasteiger partial charge in [-0.2, -0.15) is 0 Å². The maximum atomic E-state index is 13.3. The van der Waals surface area contributed by atoms with Crippen molar-refractivity contribution in [3.63, 3.8) is 0 Å². The van der Waals surface area contributed by atoms with Crippen LogP contribution >= 0.6 is 0 Å². The van der Waals surface area contributed by atoms with Crippen molar-refractivity contribution in [2.75, 3.05) is 19.8 Å². The van der Waals surface area contributed by atoms with Crippen LogP contribution in [-0.4, -0.2) is 140 Å². The molecule has 0 bridgehead atoms. The molecule has 12 unspecified atom stereocenters. The smallest absolute Gasteiger partial charge is 0.220 e. The molecule has 0 spiro atoms. The highest BCUT2D eigenvalue weighted by molar-refractivity contribution is 5.76. The first-order chi connectivity index (χ1) is 41.6. The monoisotopic (exact) mass is 1200 g/mol. The molecular weight excluding hydrogens is 1070 g/mol. The number of aliphatic hydroxyl groups excluding tert-OH is 8. The quantitative estimate of drug-likeness (QED) is 0.0204. The lowest BCUT2D eigenvalue weighted by Gasteiger charge is -2.46. The van der Waals surface area contributed by atoms with Crippen molar-refractivity contribution >= 4 is 5.91 Å². The van der Waals surface area contributed by atoms with E-state index in [0.717, 1.165) is 77.0 Å². The second kappa shape index (κ2) is 55.0. The Morgan fingerprint density at radius 2 is 0.824 bits per heavy atom. The van der Waals surface area contributed by atoms with Crippen LogP contribution in [0.2, 0.25) is 0 Å². The minimum absolute atomic E-state index is 0.254. The standard InChI is InChI=1S/C71H123NO13/c1-3-5-7-9-11-13-15-17-18-19-20-21-22-23-24-25-26-27-28-29-30-31-32-33-34-35-36-37-38-39-40-41-42-43-45-47-49-51-53-55-63(76)72-59(60(75)54-52-50-48-46-44-16-14-12-10-8-6-4-2)58-82-70-68(81)66(79)69(62(57-74)84-70)85-71-67(80)65(78)64(77)61(56-73)83-71/h5,7,10-13,17-18,20-21,23-24,44,46,52,54,59-62,64-71,73-75,77-81H,3-4,6,8-9,14-16,19,22,25-43,45,47-51,53,55-58H2,1-2H3,(H,72,76)/b7-5-,12-10+,13-11-,18-17-,21-20-,24-23-,46-44+,54-52+. The van der Waals surface area contributed by atoms with Crippen LogP contribution < -0.4 is 5.32 Å². The third-order valence-corrected chi connectivity index (χ3v) is 16.0. The molecule has 2 saturated heterocycles. The van der Waals surface area contributed by atoms with Crippen LogP contribution in [0, 0.1) is 0 Å². The number of aliphatic hydroxyl groups is 8. The molecule has 2 rings (SSSR count). The molecule has 2 aliphatic heterocycles. The highest BCUT2D eigenvalue weighted by Crippen LogP contribution is 2.30. The lowest BCUT2D eigenvalue weighted by molar-refractivity contribution is -0.359. The molecule has 1 amide bonds. The Morgan fingerprint density at radius 3 is 1.29 bits per heavy atom. The van der Waals surface area contributed by atoms with Crippen molar-refractivity contribution in [1.82, 2.24) is 5.32 Å². The number of nitrogens with one attached hydrogen (secondary N) is 1. The van der Waals surface area contributed by atoms with Gasteiger partial charge in [0.1, 0.15) is 48.8 Å². The van der Waals surface area contributed by atoms with Crippen molar-refractivity contribution < 1.29 is 64.6 Å². The van der Waals surface area contributed by atoms with Crippen LogP contribution in [-0.2, 0) is 23.7 Å². The fourth-order valence-electron chi connectivity index (χ4n) is 10.6. The number of rotatable bonds is 54. The molecule has 14 heteroatoms. The molecular formula is C71H123NO13. The van der Waals surface area contributed by atoms with E-state index in [4.69, 9.17) is 18.9 Å². The van der Waals surface area contributed by atoms with Crippen LogP contribution in [0.3, 0.4) is 0 Å². The Morgan fingerprint density at radius 1 is 0.435 bits per heavy atom. The van der Waals surface area contributed by atoms with Gasteiger partial charge in [0.05, 0.1) is 32.0 Å². The number of hydrogen-bond acceptors (Lipinski definition) is 13. The molecule has 2 fully saturated rings. The van der Waals surface area contributed by atoms with E-state index in [1.54, 1.807) is 6.08 Å². The van der Waals surface area contributed by atoms with Crippen molar-refractivity contribution in [2.45, 2.75) is 325 Å². The average molecular weight is 1200 g/mol. The largest absolute Gasteiger partial charge is 0.394 e. The Labute approximate surface area is 515 Å². The third-order valence-electron chi connectivity index (χ3n) is 16.0. The summed E-state index contributed by atoms with van der Waals surface area (Å²) in [4.78, 5) is 13.3. The van der Waals surface area contributed by atoms with Gasteiger partial charge in [0, 0.05) is 6.42 Å². The summed E-state index contributed by atoms with van der Waals surface area (Å²) in [5.74, 6) is -0.254. The molecule has 0 aromatic heterocycles. The van der Waals surface area contributed by atoms with Gasteiger partial charge in [0.15, 0.2) is 12.6 Å². The lowest BCUT2D eigenvalue weighted by atomic mass is 9.97. The van der Waals surface area contributed by atoms with E-state index < -0.39 is 86.8 Å². The van der Waals surface area contributed by atoms with Gasteiger partial charge in [0.25, 0.3) is 0 Å². The van der Waals surface area contributed by atoms with Crippen molar-refractivity contribution in [2.24, 2.45) is 0 Å². The van der Waals surface area contributed by atoms with E-state index in [2.05, 4.69) is 104 Å². The molecule has 9 N–H and O–H groups in total. The molecule has 0 aromatic carbocycles. The number of carbonyl (C=O) groups is 1. The van der Waals surface area contributed by atoms with Gasteiger partial charge in [-0.25, -0.2) is 0 Å². The highest BCUT2D eigenvalue weighted by Gasteiger charge is 2.51. The number of amides is 1. The maximum Gasteiger partial charge on any atom is 0.220 e. The SMILES string of the molecule is CC/C=C\C/C=C\C/C=C\C/C=C\C/C=C\CCCCCCCCCCCCCCCCCCCCCCCCCC(=O)NC(COC1OC(CO)C(OC2OC(CO)C(O)C(O)C2O)C(O)C1O)C(O)/C=C/CC/C=C/CC/C=C/CCCC. The first-order valence-electron chi connectivity index (χ1n) is 34.0. The predicted molar refractivity (Wildman–Crippen MR) is 346 cm³/mol. The van der Waals surface area contributed by atoms with Crippen LogP contribution in [0.25, 0.3) is 0 Å². The summed E-state index contributed by atoms with van der Waals surface area (Å²) in [6, 6.07) is -0.939. The fourth-order valence-corrected chi connectivity index (χ4v) is 10.6. The fraction of sp³-hybridized carbons (Fsp3) is 0.761. The second-order valence-electron chi connectivity index (χ2n) is 23.5. The van der Waals surface area contributed by atoms with E-state index in [0.29, 0.717) is 12.8 Å². The Kier molecular flexibility index (Phi) is 50.5. The van der Waals surface area contributed by atoms with Crippen LogP contribution in [0.1, 0.15) is 251 Å². The van der Waals surface area contributed by atoms with E-state index in [1.165, 1.54) is 141 Å². The van der Waals surface area contributed by atoms with E-state index in [9.17, 15) is 45.6 Å². The Balaban J connectivity index is 1.56.